The van der Waals surface area contributed by atoms with E-state index >= 15 is 0 Å². The molecule has 0 spiro atoms. The van der Waals surface area contributed by atoms with Crippen molar-refractivity contribution >= 4 is 5.69 Å². The molecule has 3 aromatic rings. The summed E-state index contributed by atoms with van der Waals surface area (Å²) in [5.41, 5.74) is 2.19. The Hall–Kier alpha value is -2.76. The van der Waals surface area contributed by atoms with Crippen LogP contribution in [-0.4, -0.2) is 20.2 Å². The molecule has 3 rings (SSSR count). The molecule has 5 nitrogen and oxygen atoms in total. The molecule has 0 fully saturated rings. The van der Waals surface area contributed by atoms with E-state index in [2.05, 4.69) is 20.8 Å². The number of benzene rings is 2. The average Bonchev–Trinajstić information content (AvgIpc) is 3.01. The van der Waals surface area contributed by atoms with Crippen LogP contribution in [0.5, 0.6) is 0 Å². The third-order valence-electron chi connectivity index (χ3n) is 3.44. The number of tetrazole rings is 1. The van der Waals surface area contributed by atoms with Gasteiger partial charge in [0, 0.05) is 5.69 Å². The molecular formula is C16H16FN5. The zero-order valence-corrected chi connectivity index (χ0v) is 12.4. The number of hydrogen-bond acceptors (Lipinski definition) is 4. The molecule has 0 saturated heterocycles. The van der Waals surface area contributed by atoms with Crippen molar-refractivity contribution in [3.63, 3.8) is 0 Å². The van der Waals surface area contributed by atoms with E-state index < -0.39 is 0 Å². The van der Waals surface area contributed by atoms with Crippen molar-refractivity contribution in [2.24, 2.45) is 0 Å². The maximum atomic E-state index is 13.6. The number of para-hydroxylation sites is 1. The van der Waals surface area contributed by atoms with Crippen molar-refractivity contribution in [1.82, 2.24) is 20.2 Å². The number of rotatable bonds is 4. The fourth-order valence-electron chi connectivity index (χ4n) is 2.21. The Labute approximate surface area is 127 Å². The molecule has 2 aromatic carbocycles. The van der Waals surface area contributed by atoms with Gasteiger partial charge in [-0.05, 0) is 54.1 Å². The number of hydrogen-bond donors (Lipinski definition) is 1. The van der Waals surface area contributed by atoms with Crippen LogP contribution in [0.4, 0.5) is 10.1 Å². The van der Waals surface area contributed by atoms with Crippen molar-refractivity contribution in [2.75, 3.05) is 5.32 Å². The topological polar surface area (TPSA) is 55.6 Å². The van der Waals surface area contributed by atoms with Crippen LogP contribution in [-0.2, 0) is 0 Å². The van der Waals surface area contributed by atoms with Crippen molar-refractivity contribution in [2.45, 2.75) is 19.9 Å². The van der Waals surface area contributed by atoms with Gasteiger partial charge in [0.2, 0.25) is 0 Å². The highest BCUT2D eigenvalue weighted by atomic mass is 19.1. The lowest BCUT2D eigenvalue weighted by molar-refractivity contribution is 0.618. The van der Waals surface area contributed by atoms with Gasteiger partial charge in [-0.25, -0.2) is 4.39 Å². The first-order valence-corrected chi connectivity index (χ1v) is 7.01. The lowest BCUT2D eigenvalue weighted by Crippen LogP contribution is -2.14. The first-order chi connectivity index (χ1) is 10.6. The van der Waals surface area contributed by atoms with Crippen LogP contribution in [0, 0.1) is 12.7 Å². The molecule has 0 aliphatic heterocycles. The van der Waals surface area contributed by atoms with Crippen molar-refractivity contribution < 1.29 is 4.39 Å². The van der Waals surface area contributed by atoms with Gasteiger partial charge in [0.05, 0.1) is 11.7 Å². The Bertz CT molecular complexity index is 769. The molecule has 1 aromatic heterocycles. The van der Waals surface area contributed by atoms with Crippen LogP contribution in [0.2, 0.25) is 0 Å². The van der Waals surface area contributed by atoms with Gasteiger partial charge < -0.3 is 5.32 Å². The molecular weight excluding hydrogens is 281 g/mol. The smallest absolute Gasteiger partial charge is 0.178 e. The molecule has 6 heteroatoms. The fourth-order valence-corrected chi connectivity index (χ4v) is 2.21. The number of aryl methyl sites for hydroxylation is 1. The van der Waals surface area contributed by atoms with Crippen molar-refractivity contribution in [3.05, 3.63) is 65.7 Å². The molecule has 0 aliphatic carbocycles. The second-order valence-corrected chi connectivity index (χ2v) is 5.11. The summed E-state index contributed by atoms with van der Waals surface area (Å²) in [4.78, 5) is 0. The van der Waals surface area contributed by atoms with Crippen LogP contribution >= 0.6 is 0 Å². The molecule has 112 valence electrons. The van der Waals surface area contributed by atoms with Crippen LogP contribution in [0.25, 0.3) is 5.69 Å². The second-order valence-electron chi connectivity index (χ2n) is 5.11. The Balaban J connectivity index is 1.85. The summed E-state index contributed by atoms with van der Waals surface area (Å²) in [6, 6.07) is 14.5. The van der Waals surface area contributed by atoms with Gasteiger partial charge in [-0.3, -0.25) is 0 Å². The minimum atomic E-state index is -0.236. The quantitative estimate of drug-likeness (QED) is 0.803. The molecule has 1 atom stereocenters. The Morgan fingerprint density at radius 1 is 1.14 bits per heavy atom. The highest BCUT2D eigenvalue weighted by Gasteiger charge is 2.16. The van der Waals surface area contributed by atoms with Gasteiger partial charge in [0.25, 0.3) is 0 Å². The minimum Gasteiger partial charge on any atom is -0.375 e. The van der Waals surface area contributed by atoms with Crippen LogP contribution < -0.4 is 5.32 Å². The molecule has 1 N–H and O–H groups in total. The second kappa shape index (κ2) is 5.93. The van der Waals surface area contributed by atoms with E-state index in [0.29, 0.717) is 17.1 Å². The van der Waals surface area contributed by atoms with Crippen LogP contribution in [0.3, 0.4) is 0 Å². The molecule has 0 saturated carbocycles. The summed E-state index contributed by atoms with van der Waals surface area (Å²) in [5.74, 6) is 0.423. The maximum Gasteiger partial charge on any atom is 0.178 e. The molecule has 1 unspecified atom stereocenters. The van der Waals surface area contributed by atoms with E-state index in [1.165, 1.54) is 6.07 Å². The van der Waals surface area contributed by atoms with E-state index in [4.69, 9.17) is 0 Å². The molecule has 0 amide bonds. The van der Waals surface area contributed by atoms with Crippen LogP contribution in [0.1, 0.15) is 24.4 Å². The highest BCUT2D eigenvalue weighted by molar-refractivity contribution is 5.46. The van der Waals surface area contributed by atoms with Gasteiger partial charge in [0.15, 0.2) is 5.82 Å². The lowest BCUT2D eigenvalue weighted by atomic mass is 10.2. The summed E-state index contributed by atoms with van der Waals surface area (Å²) in [6.07, 6.45) is 0. The maximum absolute atomic E-state index is 13.6. The number of anilines is 1. The molecule has 0 aliphatic rings. The Kier molecular flexibility index (Phi) is 3.82. The number of nitrogens with zero attached hydrogens (tertiary/aromatic N) is 4. The van der Waals surface area contributed by atoms with Crippen LogP contribution in [0.15, 0.2) is 48.5 Å². The summed E-state index contributed by atoms with van der Waals surface area (Å²) in [7, 11) is 0. The largest absolute Gasteiger partial charge is 0.375 e. The summed E-state index contributed by atoms with van der Waals surface area (Å²) in [5, 5.41) is 15.1. The third-order valence-corrected chi connectivity index (χ3v) is 3.44. The predicted molar refractivity (Wildman–Crippen MR) is 82.3 cm³/mol. The van der Waals surface area contributed by atoms with Gasteiger partial charge in [-0.15, -0.1) is 5.10 Å². The standard InChI is InChI=1S/C16H16FN5/c1-11-8-9-13(10-15(11)17)18-12(2)16-19-20-21-22(16)14-6-4-3-5-7-14/h3-10,12,18H,1-2H3. The molecule has 1 heterocycles. The fraction of sp³-hybridized carbons (Fsp3) is 0.188. The van der Waals surface area contributed by atoms with E-state index in [1.54, 1.807) is 17.7 Å². The molecule has 0 bridgehead atoms. The monoisotopic (exact) mass is 297 g/mol. The first-order valence-electron chi connectivity index (χ1n) is 7.01. The van der Waals surface area contributed by atoms with Gasteiger partial charge in [-0.2, -0.15) is 4.68 Å². The molecule has 22 heavy (non-hydrogen) atoms. The number of aromatic nitrogens is 4. The lowest BCUT2D eigenvalue weighted by Gasteiger charge is -2.15. The van der Waals surface area contributed by atoms with E-state index in [0.717, 1.165) is 5.69 Å². The normalized spacial score (nSPS) is 12.1. The number of nitrogens with one attached hydrogen (secondary N) is 1. The highest BCUT2D eigenvalue weighted by Crippen LogP contribution is 2.21. The molecule has 0 radical (unpaired) electrons. The zero-order chi connectivity index (χ0) is 15.5. The van der Waals surface area contributed by atoms with Gasteiger partial charge in [-0.1, -0.05) is 24.3 Å². The predicted octanol–water partition coefficient (Wildman–Crippen LogP) is 3.28. The Morgan fingerprint density at radius 3 is 2.64 bits per heavy atom. The minimum absolute atomic E-state index is 0.169. The average molecular weight is 297 g/mol. The van der Waals surface area contributed by atoms with Crippen molar-refractivity contribution in [3.8, 4) is 5.69 Å². The third kappa shape index (κ3) is 2.81. The first kappa shape index (κ1) is 14.2. The van der Waals surface area contributed by atoms with Gasteiger partial charge in [0.1, 0.15) is 5.82 Å². The summed E-state index contributed by atoms with van der Waals surface area (Å²) >= 11 is 0. The Morgan fingerprint density at radius 2 is 1.91 bits per heavy atom. The summed E-state index contributed by atoms with van der Waals surface area (Å²) < 4.78 is 15.3. The van der Waals surface area contributed by atoms with Crippen molar-refractivity contribution in [1.29, 1.82) is 0 Å². The van der Waals surface area contributed by atoms with E-state index in [-0.39, 0.29) is 11.9 Å². The van der Waals surface area contributed by atoms with E-state index in [9.17, 15) is 4.39 Å². The summed E-state index contributed by atoms with van der Waals surface area (Å²) in [6.45, 7) is 3.67. The SMILES string of the molecule is Cc1ccc(NC(C)c2nnnn2-c2ccccc2)cc1F. The van der Waals surface area contributed by atoms with Gasteiger partial charge >= 0.3 is 0 Å². The van der Waals surface area contributed by atoms with E-state index in [1.807, 2.05) is 43.3 Å². The number of halogens is 1. The zero-order valence-electron chi connectivity index (χ0n) is 12.4.